The van der Waals surface area contributed by atoms with Crippen molar-refractivity contribution in [3.63, 3.8) is 0 Å². The number of rotatable bonds is 10. The molecule has 3 atom stereocenters. The van der Waals surface area contributed by atoms with Gasteiger partial charge in [0.2, 0.25) is 0 Å². The zero-order valence-corrected chi connectivity index (χ0v) is 13.7. The van der Waals surface area contributed by atoms with Gasteiger partial charge in [-0.15, -0.1) is 0 Å². The summed E-state index contributed by atoms with van der Waals surface area (Å²) in [7, 11) is 5.57. The van der Waals surface area contributed by atoms with Gasteiger partial charge in [0.25, 0.3) is 0 Å². The highest BCUT2D eigenvalue weighted by molar-refractivity contribution is 5.69. The van der Waals surface area contributed by atoms with Crippen LogP contribution in [-0.2, 0) is 14.3 Å². The average Bonchev–Trinajstić information content (AvgIpc) is 2.90. The number of hydrogen-bond donors (Lipinski definition) is 1. The first kappa shape index (κ1) is 18.4. The highest BCUT2D eigenvalue weighted by Gasteiger charge is 2.31. The number of carbonyl (C=O) groups excluding carboxylic acids is 1. The Kier molecular flexibility index (Phi) is 8.88. The Balaban J connectivity index is 2.07. The van der Waals surface area contributed by atoms with Gasteiger partial charge >= 0.3 is 5.97 Å². The lowest BCUT2D eigenvalue weighted by atomic mass is 10.0. The van der Waals surface area contributed by atoms with E-state index < -0.39 is 6.10 Å². The third-order valence-corrected chi connectivity index (χ3v) is 4.05. The summed E-state index contributed by atoms with van der Waals surface area (Å²) in [6, 6.07) is 0. The second-order valence-corrected chi connectivity index (χ2v) is 6.23. The number of aliphatic hydroxyl groups excluding tert-OH is 1. The number of carbonyl (C=O) groups is 1. The summed E-state index contributed by atoms with van der Waals surface area (Å²) < 4.78 is 10.4. The van der Waals surface area contributed by atoms with Crippen molar-refractivity contribution in [2.75, 3.05) is 27.7 Å². The van der Waals surface area contributed by atoms with Crippen LogP contribution < -0.4 is 0 Å². The van der Waals surface area contributed by atoms with Crippen LogP contribution in [0.25, 0.3) is 0 Å². The van der Waals surface area contributed by atoms with Gasteiger partial charge in [-0.05, 0) is 46.3 Å². The third kappa shape index (κ3) is 7.79. The van der Waals surface area contributed by atoms with Crippen molar-refractivity contribution < 1.29 is 19.4 Å². The quantitative estimate of drug-likeness (QED) is 0.494. The molecule has 1 aliphatic heterocycles. The predicted molar refractivity (Wildman–Crippen MR) is 82.2 cm³/mol. The fourth-order valence-corrected chi connectivity index (χ4v) is 2.76. The number of hydrogen-bond acceptors (Lipinski definition) is 5. The lowest BCUT2D eigenvalue weighted by Gasteiger charge is -2.19. The van der Waals surface area contributed by atoms with Crippen LogP contribution in [0.2, 0.25) is 0 Å². The maximum Gasteiger partial charge on any atom is 0.308 e. The molecule has 1 fully saturated rings. The third-order valence-electron chi connectivity index (χ3n) is 4.05. The van der Waals surface area contributed by atoms with E-state index in [2.05, 4.69) is 23.7 Å². The van der Waals surface area contributed by atoms with Gasteiger partial charge in [-0.2, -0.15) is 0 Å². The molecule has 5 heteroatoms. The van der Waals surface area contributed by atoms with Gasteiger partial charge in [0.05, 0.1) is 31.8 Å². The van der Waals surface area contributed by atoms with Crippen LogP contribution in [0.1, 0.15) is 51.4 Å². The summed E-state index contributed by atoms with van der Waals surface area (Å²) in [4.78, 5) is 13.4. The Bertz CT molecular complexity index is 296. The summed E-state index contributed by atoms with van der Waals surface area (Å²) in [5.74, 6) is -0.240. The maximum atomic E-state index is 11.2. The zero-order valence-electron chi connectivity index (χ0n) is 13.7. The molecule has 1 N–H and O–H groups in total. The standard InChI is InChI=1S/C16H31NO4/c1-17(2)11-7-5-4-6-8-14(18)15-10-9-13(21-15)12-16(19)20-3/h13-15,18H,4-12H2,1-3H3/t13-,14-,15+/m0/s1. The van der Waals surface area contributed by atoms with Gasteiger partial charge in [-0.3, -0.25) is 4.79 Å². The molecule has 1 aliphatic rings. The molecule has 124 valence electrons. The molecule has 0 aromatic heterocycles. The van der Waals surface area contributed by atoms with E-state index >= 15 is 0 Å². The molecule has 0 bridgehead atoms. The molecule has 0 unspecified atom stereocenters. The van der Waals surface area contributed by atoms with Crippen molar-refractivity contribution in [3.8, 4) is 0 Å². The molecule has 0 aromatic carbocycles. The minimum atomic E-state index is -0.401. The molecule has 1 saturated heterocycles. The van der Waals surface area contributed by atoms with Crippen molar-refractivity contribution in [2.45, 2.75) is 69.7 Å². The molecule has 1 heterocycles. The van der Waals surface area contributed by atoms with E-state index in [0.717, 1.165) is 38.6 Å². The molecule has 5 nitrogen and oxygen atoms in total. The Hall–Kier alpha value is -0.650. The first-order valence-corrected chi connectivity index (χ1v) is 8.08. The highest BCUT2D eigenvalue weighted by Crippen LogP contribution is 2.26. The molecule has 0 amide bonds. The Labute approximate surface area is 128 Å². The van der Waals surface area contributed by atoms with E-state index in [9.17, 15) is 9.90 Å². The van der Waals surface area contributed by atoms with Crippen LogP contribution in [0, 0.1) is 0 Å². The molecule has 1 rings (SSSR count). The number of esters is 1. The first-order valence-electron chi connectivity index (χ1n) is 8.08. The van der Waals surface area contributed by atoms with Gasteiger partial charge in [-0.25, -0.2) is 0 Å². The zero-order chi connectivity index (χ0) is 15.7. The summed E-state index contributed by atoms with van der Waals surface area (Å²) in [6.45, 7) is 1.13. The van der Waals surface area contributed by atoms with Gasteiger partial charge < -0.3 is 19.5 Å². The molecule has 0 radical (unpaired) electrons. The van der Waals surface area contributed by atoms with Crippen molar-refractivity contribution in [1.82, 2.24) is 4.90 Å². The van der Waals surface area contributed by atoms with Crippen LogP contribution in [0.15, 0.2) is 0 Å². The minimum absolute atomic E-state index is 0.0859. The number of aliphatic hydroxyl groups is 1. The molecular formula is C16H31NO4. The topological polar surface area (TPSA) is 59.0 Å². The van der Waals surface area contributed by atoms with E-state index in [1.807, 2.05) is 0 Å². The smallest absolute Gasteiger partial charge is 0.308 e. The number of methoxy groups -OCH3 is 1. The van der Waals surface area contributed by atoms with Crippen molar-refractivity contribution in [1.29, 1.82) is 0 Å². The summed E-state index contributed by atoms with van der Waals surface area (Å²) in [5.41, 5.74) is 0. The molecule has 0 aliphatic carbocycles. The van der Waals surface area contributed by atoms with Crippen LogP contribution in [0.3, 0.4) is 0 Å². The Morgan fingerprint density at radius 2 is 2.00 bits per heavy atom. The average molecular weight is 301 g/mol. The largest absolute Gasteiger partial charge is 0.469 e. The van der Waals surface area contributed by atoms with Crippen LogP contribution in [0.5, 0.6) is 0 Å². The van der Waals surface area contributed by atoms with E-state index in [4.69, 9.17) is 4.74 Å². The highest BCUT2D eigenvalue weighted by atomic mass is 16.5. The van der Waals surface area contributed by atoms with Gasteiger partial charge in [0, 0.05) is 0 Å². The SMILES string of the molecule is COC(=O)C[C@@H]1CC[C@H]([C@@H](O)CCCCCCN(C)C)O1. The molecule has 0 aromatic rings. The fourth-order valence-electron chi connectivity index (χ4n) is 2.76. The first-order chi connectivity index (χ1) is 10.0. The van der Waals surface area contributed by atoms with Crippen molar-refractivity contribution in [3.05, 3.63) is 0 Å². The minimum Gasteiger partial charge on any atom is -0.469 e. The normalized spacial score (nSPS) is 23.5. The predicted octanol–water partition coefficient (Wildman–Crippen LogP) is 1.97. The van der Waals surface area contributed by atoms with E-state index in [1.54, 1.807) is 0 Å². The van der Waals surface area contributed by atoms with Crippen molar-refractivity contribution >= 4 is 5.97 Å². The monoisotopic (exact) mass is 301 g/mol. The second-order valence-electron chi connectivity index (χ2n) is 6.23. The van der Waals surface area contributed by atoms with E-state index in [0.29, 0.717) is 6.42 Å². The summed E-state index contributed by atoms with van der Waals surface area (Å²) >= 11 is 0. The maximum absolute atomic E-state index is 11.2. The summed E-state index contributed by atoms with van der Waals surface area (Å²) in [5, 5.41) is 10.2. The van der Waals surface area contributed by atoms with Gasteiger partial charge in [-0.1, -0.05) is 19.3 Å². The molecule has 0 spiro atoms. The van der Waals surface area contributed by atoms with Crippen LogP contribution in [-0.4, -0.2) is 62.0 Å². The van der Waals surface area contributed by atoms with E-state index in [-0.39, 0.29) is 18.2 Å². The molecule has 21 heavy (non-hydrogen) atoms. The second kappa shape index (κ2) is 10.1. The fraction of sp³-hybridized carbons (Fsp3) is 0.938. The molecule has 0 saturated carbocycles. The summed E-state index contributed by atoms with van der Waals surface area (Å²) in [6.07, 6.45) is 6.77. The number of unbranched alkanes of at least 4 members (excludes halogenated alkanes) is 3. The Morgan fingerprint density at radius 3 is 2.67 bits per heavy atom. The van der Waals surface area contributed by atoms with Crippen molar-refractivity contribution in [2.24, 2.45) is 0 Å². The van der Waals surface area contributed by atoms with Gasteiger partial charge in [0.15, 0.2) is 0 Å². The number of nitrogens with zero attached hydrogens (tertiary/aromatic N) is 1. The van der Waals surface area contributed by atoms with Crippen LogP contribution in [0.4, 0.5) is 0 Å². The Morgan fingerprint density at radius 1 is 1.29 bits per heavy atom. The number of ether oxygens (including phenoxy) is 2. The lowest BCUT2D eigenvalue weighted by molar-refractivity contribution is -0.144. The molecular weight excluding hydrogens is 270 g/mol. The van der Waals surface area contributed by atoms with E-state index in [1.165, 1.54) is 20.0 Å². The lowest BCUT2D eigenvalue weighted by Crippen LogP contribution is -2.27. The van der Waals surface area contributed by atoms with Crippen LogP contribution >= 0.6 is 0 Å². The van der Waals surface area contributed by atoms with Gasteiger partial charge in [0.1, 0.15) is 0 Å².